The molecule has 1 aromatic heterocycles. The van der Waals surface area contributed by atoms with Gasteiger partial charge in [0, 0.05) is 23.7 Å². The Kier molecular flexibility index (Phi) is 6.34. The van der Waals surface area contributed by atoms with E-state index in [1.54, 1.807) is 48.8 Å². The van der Waals surface area contributed by atoms with Crippen LogP contribution in [0.1, 0.15) is 50.1 Å². The van der Waals surface area contributed by atoms with Gasteiger partial charge in [0.05, 0.1) is 12.4 Å². The zero-order valence-corrected chi connectivity index (χ0v) is 20.3. The van der Waals surface area contributed by atoms with Crippen molar-refractivity contribution < 1.29 is 19.7 Å². The smallest absolute Gasteiger partial charge is 0.232 e. The Morgan fingerprint density at radius 2 is 1.94 bits per heavy atom. The van der Waals surface area contributed by atoms with Gasteiger partial charge >= 0.3 is 0 Å². The van der Waals surface area contributed by atoms with Gasteiger partial charge in [0.2, 0.25) is 5.88 Å². The SMILES string of the molecule is CC1=C(c2cccc(O)c2)C(c2cnc(OC[C@H](C)N3CC[C@@H](C)C3)cn2)Oc2ccc(O)cc21. The van der Waals surface area contributed by atoms with Crippen molar-refractivity contribution in [3.8, 4) is 23.1 Å². The molecule has 7 nitrogen and oxygen atoms in total. The predicted molar refractivity (Wildman–Crippen MR) is 134 cm³/mol. The molecule has 3 aromatic rings. The molecule has 1 saturated heterocycles. The average molecular weight is 474 g/mol. The van der Waals surface area contributed by atoms with Crippen molar-refractivity contribution in [2.24, 2.45) is 5.92 Å². The third-order valence-corrected chi connectivity index (χ3v) is 6.90. The second-order valence-electron chi connectivity index (χ2n) is 9.60. The zero-order chi connectivity index (χ0) is 24.5. The molecule has 0 amide bonds. The number of nitrogens with zero attached hydrogens (tertiary/aromatic N) is 3. The van der Waals surface area contributed by atoms with Crippen LogP contribution in [-0.2, 0) is 0 Å². The summed E-state index contributed by atoms with van der Waals surface area (Å²) in [6.07, 6.45) is 4.03. The van der Waals surface area contributed by atoms with E-state index in [-0.39, 0.29) is 11.5 Å². The van der Waals surface area contributed by atoms with Crippen molar-refractivity contribution in [3.63, 3.8) is 0 Å². The summed E-state index contributed by atoms with van der Waals surface area (Å²) in [4.78, 5) is 11.6. The van der Waals surface area contributed by atoms with Crippen LogP contribution in [0.2, 0.25) is 0 Å². The number of hydrogen-bond donors (Lipinski definition) is 2. The molecule has 3 atom stereocenters. The maximum absolute atomic E-state index is 10.1. The fourth-order valence-electron chi connectivity index (χ4n) is 4.91. The minimum absolute atomic E-state index is 0.166. The summed E-state index contributed by atoms with van der Waals surface area (Å²) in [6, 6.07) is 12.4. The fraction of sp³-hybridized carbons (Fsp3) is 0.357. The molecule has 2 aliphatic heterocycles. The van der Waals surface area contributed by atoms with Crippen LogP contribution in [0, 0.1) is 5.92 Å². The van der Waals surface area contributed by atoms with E-state index in [9.17, 15) is 10.2 Å². The Balaban J connectivity index is 1.41. The van der Waals surface area contributed by atoms with E-state index in [4.69, 9.17) is 9.47 Å². The molecule has 3 heterocycles. The topological polar surface area (TPSA) is 87.9 Å². The first kappa shape index (κ1) is 23.2. The van der Waals surface area contributed by atoms with E-state index in [1.165, 1.54) is 6.42 Å². The summed E-state index contributed by atoms with van der Waals surface area (Å²) in [5.41, 5.74) is 4.05. The summed E-state index contributed by atoms with van der Waals surface area (Å²) in [6.45, 7) is 9.23. The lowest BCUT2D eigenvalue weighted by molar-refractivity contribution is 0.164. The lowest BCUT2D eigenvalue weighted by atomic mass is 9.87. The van der Waals surface area contributed by atoms with E-state index in [0.717, 1.165) is 41.3 Å². The average Bonchev–Trinajstić information content (AvgIpc) is 3.29. The molecule has 0 radical (unpaired) electrons. The Morgan fingerprint density at radius 1 is 1.11 bits per heavy atom. The lowest BCUT2D eigenvalue weighted by Crippen LogP contribution is -2.35. The van der Waals surface area contributed by atoms with Gasteiger partial charge < -0.3 is 19.7 Å². The molecule has 2 aromatic carbocycles. The van der Waals surface area contributed by atoms with Gasteiger partial charge in [0.1, 0.15) is 29.5 Å². The van der Waals surface area contributed by atoms with Crippen LogP contribution in [0.15, 0.2) is 54.9 Å². The molecule has 2 N–H and O–H groups in total. The van der Waals surface area contributed by atoms with Gasteiger partial charge in [-0.1, -0.05) is 19.1 Å². The molecule has 1 unspecified atom stereocenters. The highest BCUT2D eigenvalue weighted by Crippen LogP contribution is 2.47. The van der Waals surface area contributed by atoms with E-state index in [1.807, 2.05) is 13.0 Å². The van der Waals surface area contributed by atoms with Crippen LogP contribution in [0.4, 0.5) is 0 Å². The number of benzene rings is 2. The summed E-state index contributed by atoms with van der Waals surface area (Å²) < 4.78 is 12.3. The largest absolute Gasteiger partial charge is 0.508 e. The molecule has 182 valence electrons. The Morgan fingerprint density at radius 3 is 2.66 bits per heavy atom. The summed E-state index contributed by atoms with van der Waals surface area (Å²) in [5, 5.41) is 20.1. The first-order valence-electron chi connectivity index (χ1n) is 12.1. The molecule has 35 heavy (non-hydrogen) atoms. The molecule has 0 aliphatic carbocycles. The second-order valence-corrected chi connectivity index (χ2v) is 9.60. The number of aromatic nitrogens is 2. The summed E-state index contributed by atoms with van der Waals surface area (Å²) in [7, 11) is 0. The van der Waals surface area contributed by atoms with Crippen LogP contribution < -0.4 is 9.47 Å². The second kappa shape index (κ2) is 9.58. The number of likely N-dealkylation sites (tertiary alicyclic amines) is 1. The van der Waals surface area contributed by atoms with E-state index < -0.39 is 6.10 Å². The molecule has 5 rings (SSSR count). The maximum atomic E-state index is 10.1. The normalized spacial score (nSPS) is 20.9. The quantitative estimate of drug-likeness (QED) is 0.517. The number of ether oxygens (including phenoxy) is 2. The molecule has 1 fully saturated rings. The highest BCUT2D eigenvalue weighted by Gasteiger charge is 2.31. The number of hydrogen-bond acceptors (Lipinski definition) is 7. The molecular weight excluding hydrogens is 442 g/mol. The van der Waals surface area contributed by atoms with Gasteiger partial charge in [-0.3, -0.25) is 4.90 Å². The van der Waals surface area contributed by atoms with Crippen molar-refractivity contribution in [3.05, 3.63) is 71.7 Å². The third kappa shape index (κ3) is 4.82. The Hall–Kier alpha value is -3.58. The van der Waals surface area contributed by atoms with Gasteiger partial charge in [-0.2, -0.15) is 0 Å². The highest BCUT2D eigenvalue weighted by atomic mass is 16.5. The standard InChI is InChI=1S/C28H31N3O4/c1-17-9-10-31(15-17)18(2)16-34-26-14-29-24(13-30-26)28-27(20-5-4-6-21(32)11-20)19(3)23-12-22(33)7-8-25(23)35-28/h4-8,11-14,17-18,28,32-33H,9-10,15-16H2,1-3H3/t17-,18+,28?/m1/s1. The first-order chi connectivity index (χ1) is 16.9. The number of fused-ring (bicyclic) bond motifs is 1. The number of phenols is 2. The van der Waals surface area contributed by atoms with Crippen molar-refractivity contribution >= 4 is 11.1 Å². The number of phenolic OH excluding ortho intramolecular Hbond substituents is 2. The van der Waals surface area contributed by atoms with E-state index >= 15 is 0 Å². The fourth-order valence-corrected chi connectivity index (χ4v) is 4.91. The van der Waals surface area contributed by atoms with Crippen molar-refractivity contribution in [1.82, 2.24) is 14.9 Å². The zero-order valence-electron chi connectivity index (χ0n) is 20.3. The van der Waals surface area contributed by atoms with E-state index in [2.05, 4.69) is 28.7 Å². The predicted octanol–water partition coefficient (Wildman–Crippen LogP) is 5.06. The van der Waals surface area contributed by atoms with E-state index in [0.29, 0.717) is 30.0 Å². The van der Waals surface area contributed by atoms with Crippen molar-refractivity contribution in [2.75, 3.05) is 19.7 Å². The first-order valence-corrected chi connectivity index (χ1v) is 12.1. The van der Waals surface area contributed by atoms with Gasteiger partial charge in [0.25, 0.3) is 0 Å². The molecule has 0 bridgehead atoms. The van der Waals surface area contributed by atoms with Gasteiger partial charge in [0.15, 0.2) is 6.10 Å². The van der Waals surface area contributed by atoms with Crippen molar-refractivity contribution in [1.29, 1.82) is 0 Å². The van der Waals surface area contributed by atoms with Crippen LogP contribution in [0.25, 0.3) is 11.1 Å². The van der Waals surface area contributed by atoms with Crippen LogP contribution in [-0.4, -0.2) is 50.8 Å². The highest BCUT2D eigenvalue weighted by molar-refractivity contribution is 5.95. The molecule has 2 aliphatic rings. The van der Waals surface area contributed by atoms with Crippen molar-refractivity contribution in [2.45, 2.75) is 39.3 Å². The third-order valence-electron chi connectivity index (χ3n) is 6.90. The summed E-state index contributed by atoms with van der Waals surface area (Å²) >= 11 is 0. The van der Waals surface area contributed by atoms with Crippen LogP contribution >= 0.6 is 0 Å². The number of aromatic hydroxyl groups is 2. The number of allylic oxidation sites excluding steroid dienone is 1. The van der Waals surface area contributed by atoms with Crippen LogP contribution in [0.3, 0.4) is 0 Å². The lowest BCUT2D eigenvalue weighted by Gasteiger charge is -2.30. The molecule has 7 heteroatoms. The molecule has 0 saturated carbocycles. The Labute approximate surface area is 205 Å². The molecular formula is C28H31N3O4. The monoisotopic (exact) mass is 473 g/mol. The molecule has 0 spiro atoms. The summed E-state index contributed by atoms with van der Waals surface area (Å²) in [5.74, 6) is 2.20. The van der Waals surface area contributed by atoms with Gasteiger partial charge in [-0.15, -0.1) is 0 Å². The Bertz CT molecular complexity index is 1240. The minimum Gasteiger partial charge on any atom is -0.508 e. The van der Waals surface area contributed by atoms with Gasteiger partial charge in [-0.05, 0) is 74.2 Å². The minimum atomic E-state index is -0.527. The van der Waals surface area contributed by atoms with Crippen LogP contribution in [0.5, 0.6) is 23.1 Å². The van der Waals surface area contributed by atoms with Gasteiger partial charge in [-0.25, -0.2) is 9.97 Å². The maximum Gasteiger partial charge on any atom is 0.232 e. The number of rotatable bonds is 6.